The van der Waals surface area contributed by atoms with Gasteiger partial charge in [0, 0.05) is 12.3 Å². The lowest BCUT2D eigenvalue weighted by Crippen LogP contribution is -2.32. The molecule has 0 saturated carbocycles. The van der Waals surface area contributed by atoms with Crippen molar-refractivity contribution in [3.63, 3.8) is 0 Å². The molecule has 0 aromatic heterocycles. The van der Waals surface area contributed by atoms with Crippen LogP contribution >= 0.6 is 0 Å². The van der Waals surface area contributed by atoms with Gasteiger partial charge in [-0.1, -0.05) is 19.1 Å². The van der Waals surface area contributed by atoms with Crippen LogP contribution in [0.3, 0.4) is 0 Å². The van der Waals surface area contributed by atoms with Crippen LogP contribution in [0.25, 0.3) is 0 Å². The molecule has 0 aliphatic heterocycles. The summed E-state index contributed by atoms with van der Waals surface area (Å²) in [4.78, 5) is 0. The number of halogens is 1. The van der Waals surface area contributed by atoms with Crippen molar-refractivity contribution in [2.75, 3.05) is 6.26 Å². The molecule has 0 radical (unpaired) electrons. The molecule has 1 rings (SSSR count). The van der Waals surface area contributed by atoms with Gasteiger partial charge in [-0.2, -0.15) is 0 Å². The minimum atomic E-state index is -3.22. The van der Waals surface area contributed by atoms with E-state index in [0.29, 0.717) is 12.0 Å². The standard InChI is InChI=1S/C11H16FNO2S/c1-3-10(16(2,14)15)11(13)8-5-4-6-9(12)7-8/h4-7,10-11H,3,13H2,1-2H3/t10-,11+/m0/s1. The second kappa shape index (κ2) is 4.93. The van der Waals surface area contributed by atoms with Crippen LogP contribution in [0.5, 0.6) is 0 Å². The number of rotatable bonds is 4. The van der Waals surface area contributed by atoms with Gasteiger partial charge in [-0.05, 0) is 24.1 Å². The van der Waals surface area contributed by atoms with Crippen LogP contribution in [0.2, 0.25) is 0 Å². The Hall–Kier alpha value is -0.940. The van der Waals surface area contributed by atoms with Crippen molar-refractivity contribution in [3.8, 4) is 0 Å². The third kappa shape index (κ3) is 3.02. The molecule has 0 amide bonds. The quantitative estimate of drug-likeness (QED) is 0.877. The van der Waals surface area contributed by atoms with Gasteiger partial charge in [-0.15, -0.1) is 0 Å². The molecule has 16 heavy (non-hydrogen) atoms. The van der Waals surface area contributed by atoms with Crippen LogP contribution in [0.4, 0.5) is 4.39 Å². The number of benzene rings is 1. The Balaban J connectivity index is 3.05. The molecule has 0 saturated heterocycles. The summed E-state index contributed by atoms with van der Waals surface area (Å²) in [5.74, 6) is -0.406. The van der Waals surface area contributed by atoms with Gasteiger partial charge in [0.15, 0.2) is 9.84 Å². The molecule has 0 aliphatic rings. The fraction of sp³-hybridized carbons (Fsp3) is 0.455. The molecule has 0 fully saturated rings. The monoisotopic (exact) mass is 245 g/mol. The summed E-state index contributed by atoms with van der Waals surface area (Å²) in [5.41, 5.74) is 6.37. The molecule has 1 aromatic rings. The van der Waals surface area contributed by atoms with Gasteiger partial charge in [0.25, 0.3) is 0 Å². The minimum Gasteiger partial charge on any atom is -0.323 e. The van der Waals surface area contributed by atoms with Crippen molar-refractivity contribution >= 4 is 9.84 Å². The highest BCUT2D eigenvalue weighted by Crippen LogP contribution is 2.22. The molecule has 1 aromatic carbocycles. The Morgan fingerprint density at radius 3 is 2.50 bits per heavy atom. The van der Waals surface area contributed by atoms with Gasteiger partial charge in [-0.25, -0.2) is 12.8 Å². The van der Waals surface area contributed by atoms with Crippen molar-refractivity contribution < 1.29 is 12.8 Å². The molecule has 0 spiro atoms. The van der Waals surface area contributed by atoms with Crippen molar-refractivity contribution in [1.29, 1.82) is 0 Å². The number of sulfone groups is 1. The molecule has 5 heteroatoms. The maximum absolute atomic E-state index is 13.0. The Bertz CT molecular complexity index is 459. The molecule has 0 unspecified atom stereocenters. The van der Waals surface area contributed by atoms with Gasteiger partial charge in [0.2, 0.25) is 0 Å². The van der Waals surface area contributed by atoms with Gasteiger partial charge in [0.1, 0.15) is 5.82 Å². The van der Waals surface area contributed by atoms with Crippen LogP contribution in [0.1, 0.15) is 24.9 Å². The first-order valence-electron chi connectivity index (χ1n) is 5.06. The summed E-state index contributed by atoms with van der Waals surface area (Å²) in [6, 6.07) is 5.06. The predicted octanol–water partition coefficient (Wildman–Crippen LogP) is 1.65. The molecule has 0 heterocycles. The highest BCUT2D eigenvalue weighted by Gasteiger charge is 2.27. The smallest absolute Gasteiger partial charge is 0.152 e. The zero-order chi connectivity index (χ0) is 12.3. The Kier molecular flexibility index (Phi) is 4.04. The molecule has 2 atom stereocenters. The lowest BCUT2D eigenvalue weighted by molar-refractivity contribution is 0.550. The van der Waals surface area contributed by atoms with Crippen LogP contribution in [0.15, 0.2) is 24.3 Å². The molecule has 0 aliphatic carbocycles. The number of nitrogens with two attached hydrogens (primary N) is 1. The predicted molar refractivity (Wildman–Crippen MR) is 62.3 cm³/mol. The summed E-state index contributed by atoms with van der Waals surface area (Å²) in [5, 5.41) is -0.672. The number of hydrogen-bond acceptors (Lipinski definition) is 3. The highest BCUT2D eigenvalue weighted by molar-refractivity contribution is 7.91. The third-order valence-corrected chi connectivity index (χ3v) is 4.31. The normalized spacial score (nSPS) is 15.8. The van der Waals surface area contributed by atoms with E-state index in [1.165, 1.54) is 18.2 Å². The van der Waals surface area contributed by atoms with E-state index in [0.717, 1.165) is 6.26 Å². The van der Waals surface area contributed by atoms with Gasteiger partial charge in [-0.3, -0.25) is 0 Å². The molecular formula is C11H16FNO2S. The Labute approximate surface area is 95.4 Å². The highest BCUT2D eigenvalue weighted by atomic mass is 32.2. The van der Waals surface area contributed by atoms with Gasteiger partial charge in [0.05, 0.1) is 5.25 Å². The van der Waals surface area contributed by atoms with Crippen LogP contribution in [0, 0.1) is 5.82 Å². The topological polar surface area (TPSA) is 60.2 Å². The Morgan fingerprint density at radius 1 is 1.44 bits per heavy atom. The van der Waals surface area contributed by atoms with E-state index in [-0.39, 0.29) is 0 Å². The minimum absolute atomic E-state index is 0.406. The summed E-state index contributed by atoms with van der Waals surface area (Å²) in [6.07, 6.45) is 1.57. The zero-order valence-electron chi connectivity index (χ0n) is 9.35. The summed E-state index contributed by atoms with van der Waals surface area (Å²) in [6.45, 7) is 1.75. The molecular weight excluding hydrogens is 229 g/mol. The first kappa shape index (κ1) is 13.1. The average molecular weight is 245 g/mol. The average Bonchev–Trinajstić information content (AvgIpc) is 2.16. The van der Waals surface area contributed by atoms with E-state index in [2.05, 4.69) is 0 Å². The SMILES string of the molecule is CC[C@@H]([C@H](N)c1cccc(F)c1)S(C)(=O)=O. The first-order chi connectivity index (χ1) is 7.36. The lowest BCUT2D eigenvalue weighted by atomic mass is 10.0. The van der Waals surface area contributed by atoms with Crippen molar-refractivity contribution in [2.45, 2.75) is 24.6 Å². The lowest BCUT2D eigenvalue weighted by Gasteiger charge is -2.21. The maximum atomic E-state index is 13.0. The summed E-state index contributed by atoms with van der Waals surface area (Å²) < 4.78 is 36.0. The van der Waals surface area contributed by atoms with Gasteiger partial charge < -0.3 is 5.73 Å². The molecule has 2 N–H and O–H groups in total. The van der Waals surface area contributed by atoms with Crippen molar-refractivity contribution in [3.05, 3.63) is 35.6 Å². The van der Waals surface area contributed by atoms with E-state index < -0.39 is 26.9 Å². The van der Waals surface area contributed by atoms with Crippen molar-refractivity contribution in [1.82, 2.24) is 0 Å². The van der Waals surface area contributed by atoms with Crippen LogP contribution in [-0.2, 0) is 9.84 Å². The van der Waals surface area contributed by atoms with Crippen LogP contribution in [-0.4, -0.2) is 19.9 Å². The van der Waals surface area contributed by atoms with Gasteiger partial charge >= 0.3 is 0 Å². The third-order valence-electron chi connectivity index (χ3n) is 2.59. The first-order valence-corrected chi connectivity index (χ1v) is 7.01. The number of hydrogen-bond donors (Lipinski definition) is 1. The second-order valence-electron chi connectivity index (χ2n) is 3.86. The molecule has 0 bridgehead atoms. The summed E-state index contributed by atoms with van der Waals surface area (Å²) >= 11 is 0. The largest absolute Gasteiger partial charge is 0.323 e. The van der Waals surface area contributed by atoms with E-state index in [1.807, 2.05) is 0 Å². The Morgan fingerprint density at radius 2 is 2.06 bits per heavy atom. The van der Waals surface area contributed by atoms with Crippen molar-refractivity contribution in [2.24, 2.45) is 5.73 Å². The van der Waals surface area contributed by atoms with E-state index in [4.69, 9.17) is 5.73 Å². The second-order valence-corrected chi connectivity index (χ2v) is 6.12. The molecule has 3 nitrogen and oxygen atoms in total. The van der Waals surface area contributed by atoms with E-state index in [1.54, 1.807) is 13.0 Å². The van der Waals surface area contributed by atoms with E-state index >= 15 is 0 Å². The maximum Gasteiger partial charge on any atom is 0.152 e. The fourth-order valence-electron chi connectivity index (χ4n) is 1.75. The zero-order valence-corrected chi connectivity index (χ0v) is 10.2. The van der Waals surface area contributed by atoms with Crippen LogP contribution < -0.4 is 5.73 Å². The van der Waals surface area contributed by atoms with E-state index in [9.17, 15) is 12.8 Å². The summed E-state index contributed by atoms with van der Waals surface area (Å²) in [7, 11) is -3.22. The molecule has 90 valence electrons. The fourth-order valence-corrected chi connectivity index (χ4v) is 3.05.